The van der Waals surface area contributed by atoms with Crippen molar-refractivity contribution in [1.82, 2.24) is 0 Å². The molecule has 2 rings (SSSR count). The van der Waals surface area contributed by atoms with E-state index in [1.54, 1.807) is 0 Å². The summed E-state index contributed by atoms with van der Waals surface area (Å²) >= 11 is 0. The van der Waals surface area contributed by atoms with E-state index >= 15 is 0 Å². The molecule has 0 aromatic heterocycles. The van der Waals surface area contributed by atoms with E-state index in [1.165, 1.54) is 23.4 Å². The maximum Gasteiger partial charge on any atom is 0.0609 e. The molecule has 2 N–H and O–H groups in total. The van der Waals surface area contributed by atoms with Crippen LogP contribution >= 0.6 is 0 Å². The highest BCUT2D eigenvalue weighted by molar-refractivity contribution is 5.74. The minimum atomic E-state index is 0.578. The summed E-state index contributed by atoms with van der Waals surface area (Å²) in [5.74, 6) is 0. The van der Waals surface area contributed by atoms with Crippen molar-refractivity contribution in [3.63, 3.8) is 0 Å². The number of fused-ring (bicyclic) bond motifs is 1. The Morgan fingerprint density at radius 1 is 1.36 bits per heavy atom. The number of para-hydroxylation sites is 1. The molecule has 0 aliphatic carbocycles. The van der Waals surface area contributed by atoms with Crippen molar-refractivity contribution in [2.75, 3.05) is 17.2 Å². The highest BCUT2D eigenvalue weighted by Crippen LogP contribution is 2.30. The zero-order valence-corrected chi connectivity index (χ0v) is 8.93. The summed E-state index contributed by atoms with van der Waals surface area (Å²) in [6.45, 7) is 5.46. The van der Waals surface area contributed by atoms with Gasteiger partial charge in [-0.3, -0.25) is 0 Å². The second-order valence-electron chi connectivity index (χ2n) is 3.82. The zero-order chi connectivity index (χ0) is 9.97. The van der Waals surface area contributed by atoms with Crippen LogP contribution in [0.3, 0.4) is 0 Å². The average Bonchev–Trinajstić information content (AvgIpc) is 2.27. The molecular weight excluding hydrogens is 172 g/mol. The van der Waals surface area contributed by atoms with E-state index in [0.29, 0.717) is 6.04 Å². The SMILES string of the molecule is CCc1cccc2c1NCC(CC)N2. The summed E-state index contributed by atoms with van der Waals surface area (Å²) in [6.07, 6.45) is 2.26. The maximum absolute atomic E-state index is 3.56. The minimum Gasteiger partial charge on any atom is -0.381 e. The molecule has 0 saturated heterocycles. The Kier molecular flexibility index (Phi) is 2.62. The molecule has 76 valence electrons. The molecule has 1 unspecified atom stereocenters. The second-order valence-corrected chi connectivity index (χ2v) is 3.82. The van der Waals surface area contributed by atoms with Crippen molar-refractivity contribution >= 4 is 11.4 Å². The Labute approximate surface area is 85.7 Å². The minimum absolute atomic E-state index is 0.578. The van der Waals surface area contributed by atoms with Crippen molar-refractivity contribution in [3.05, 3.63) is 23.8 Å². The summed E-state index contributed by atoms with van der Waals surface area (Å²) in [7, 11) is 0. The Morgan fingerprint density at radius 3 is 2.93 bits per heavy atom. The lowest BCUT2D eigenvalue weighted by Gasteiger charge is -2.29. The molecule has 1 aromatic carbocycles. The summed E-state index contributed by atoms with van der Waals surface area (Å²) in [6, 6.07) is 7.06. The normalized spacial score (nSPS) is 19.4. The standard InChI is InChI=1S/C12H18N2/c1-3-9-6-5-7-11-12(9)13-8-10(4-2)14-11/h5-7,10,13-14H,3-4,8H2,1-2H3. The van der Waals surface area contributed by atoms with Gasteiger partial charge < -0.3 is 10.6 Å². The third-order valence-corrected chi connectivity index (χ3v) is 2.91. The molecule has 2 nitrogen and oxygen atoms in total. The van der Waals surface area contributed by atoms with Crippen LogP contribution < -0.4 is 10.6 Å². The highest BCUT2D eigenvalue weighted by Gasteiger charge is 2.16. The quantitative estimate of drug-likeness (QED) is 0.749. The summed E-state index contributed by atoms with van der Waals surface area (Å²) < 4.78 is 0. The Hall–Kier alpha value is -1.18. The molecule has 0 fully saturated rings. The highest BCUT2D eigenvalue weighted by atomic mass is 15.1. The van der Waals surface area contributed by atoms with Gasteiger partial charge in [-0.1, -0.05) is 26.0 Å². The first-order chi connectivity index (χ1) is 6.85. The van der Waals surface area contributed by atoms with Crippen molar-refractivity contribution < 1.29 is 0 Å². The van der Waals surface area contributed by atoms with Gasteiger partial charge in [0.2, 0.25) is 0 Å². The number of anilines is 2. The van der Waals surface area contributed by atoms with Gasteiger partial charge in [0.25, 0.3) is 0 Å². The van der Waals surface area contributed by atoms with Crippen LogP contribution in [0.2, 0.25) is 0 Å². The van der Waals surface area contributed by atoms with Gasteiger partial charge in [0, 0.05) is 12.6 Å². The van der Waals surface area contributed by atoms with Crippen LogP contribution in [0.25, 0.3) is 0 Å². The largest absolute Gasteiger partial charge is 0.381 e. The summed E-state index contributed by atoms with van der Waals surface area (Å²) in [5, 5.41) is 7.08. The molecular formula is C12H18N2. The molecule has 0 bridgehead atoms. The molecule has 0 saturated carbocycles. The van der Waals surface area contributed by atoms with E-state index in [2.05, 4.69) is 42.7 Å². The second kappa shape index (κ2) is 3.91. The number of hydrogen-bond donors (Lipinski definition) is 2. The fourth-order valence-electron chi connectivity index (χ4n) is 1.97. The van der Waals surface area contributed by atoms with Crippen molar-refractivity contribution in [3.8, 4) is 0 Å². The molecule has 14 heavy (non-hydrogen) atoms. The lowest BCUT2D eigenvalue weighted by Crippen LogP contribution is -2.32. The lowest BCUT2D eigenvalue weighted by molar-refractivity contribution is 0.712. The van der Waals surface area contributed by atoms with Crippen LogP contribution in [0.1, 0.15) is 25.8 Å². The molecule has 0 spiro atoms. The van der Waals surface area contributed by atoms with Gasteiger partial charge in [-0.2, -0.15) is 0 Å². The number of rotatable bonds is 2. The van der Waals surface area contributed by atoms with Crippen LogP contribution in [0.5, 0.6) is 0 Å². The van der Waals surface area contributed by atoms with Gasteiger partial charge in [-0.15, -0.1) is 0 Å². The molecule has 1 aliphatic heterocycles. The van der Waals surface area contributed by atoms with Crippen LogP contribution in [-0.2, 0) is 6.42 Å². The third kappa shape index (κ3) is 1.57. The predicted octanol–water partition coefficient (Wildman–Crippen LogP) is 2.87. The van der Waals surface area contributed by atoms with Gasteiger partial charge in [-0.05, 0) is 24.5 Å². The molecule has 2 heteroatoms. The summed E-state index contributed by atoms with van der Waals surface area (Å²) in [5.41, 5.74) is 3.98. The van der Waals surface area contributed by atoms with Crippen LogP contribution in [0.15, 0.2) is 18.2 Å². The molecule has 1 heterocycles. The Balaban J connectivity index is 2.30. The number of benzene rings is 1. The van der Waals surface area contributed by atoms with Gasteiger partial charge >= 0.3 is 0 Å². The first-order valence-electron chi connectivity index (χ1n) is 5.47. The average molecular weight is 190 g/mol. The van der Waals surface area contributed by atoms with E-state index in [9.17, 15) is 0 Å². The first kappa shape index (κ1) is 9.38. The zero-order valence-electron chi connectivity index (χ0n) is 8.93. The summed E-state index contributed by atoms with van der Waals surface area (Å²) in [4.78, 5) is 0. The fraction of sp³-hybridized carbons (Fsp3) is 0.500. The number of hydrogen-bond acceptors (Lipinski definition) is 2. The topological polar surface area (TPSA) is 24.1 Å². The van der Waals surface area contributed by atoms with Gasteiger partial charge in [0.15, 0.2) is 0 Å². The van der Waals surface area contributed by atoms with Gasteiger partial charge in [0.05, 0.1) is 11.4 Å². The van der Waals surface area contributed by atoms with E-state index in [1.807, 2.05) is 0 Å². The predicted molar refractivity (Wildman–Crippen MR) is 62.0 cm³/mol. The van der Waals surface area contributed by atoms with E-state index in [0.717, 1.165) is 13.0 Å². The van der Waals surface area contributed by atoms with Crippen molar-refractivity contribution in [2.24, 2.45) is 0 Å². The first-order valence-corrected chi connectivity index (χ1v) is 5.47. The maximum atomic E-state index is 3.56. The molecule has 1 aromatic rings. The molecule has 1 atom stereocenters. The molecule has 1 aliphatic rings. The van der Waals surface area contributed by atoms with Gasteiger partial charge in [0.1, 0.15) is 0 Å². The Morgan fingerprint density at radius 2 is 2.21 bits per heavy atom. The Bertz CT molecular complexity index is 320. The van der Waals surface area contributed by atoms with Crippen LogP contribution in [0, 0.1) is 0 Å². The third-order valence-electron chi connectivity index (χ3n) is 2.91. The lowest BCUT2D eigenvalue weighted by atomic mass is 10.0. The molecule has 0 radical (unpaired) electrons. The van der Waals surface area contributed by atoms with Crippen LogP contribution in [-0.4, -0.2) is 12.6 Å². The van der Waals surface area contributed by atoms with E-state index < -0.39 is 0 Å². The smallest absolute Gasteiger partial charge is 0.0609 e. The number of nitrogens with one attached hydrogen (secondary N) is 2. The van der Waals surface area contributed by atoms with E-state index in [4.69, 9.17) is 0 Å². The van der Waals surface area contributed by atoms with Crippen molar-refractivity contribution in [1.29, 1.82) is 0 Å². The van der Waals surface area contributed by atoms with E-state index in [-0.39, 0.29) is 0 Å². The van der Waals surface area contributed by atoms with Crippen molar-refractivity contribution in [2.45, 2.75) is 32.7 Å². The molecule has 0 amide bonds. The monoisotopic (exact) mass is 190 g/mol. The number of aryl methyl sites for hydroxylation is 1. The van der Waals surface area contributed by atoms with Crippen LogP contribution in [0.4, 0.5) is 11.4 Å². The fourth-order valence-corrected chi connectivity index (χ4v) is 1.97. The van der Waals surface area contributed by atoms with Gasteiger partial charge in [-0.25, -0.2) is 0 Å².